The summed E-state index contributed by atoms with van der Waals surface area (Å²) in [7, 11) is 4.38. The van der Waals surface area contributed by atoms with Gasteiger partial charge < -0.3 is 18.9 Å². The van der Waals surface area contributed by atoms with Crippen LogP contribution in [0.4, 0.5) is 0 Å². The number of hydrogen-bond donors (Lipinski definition) is 0. The molecule has 2 heterocycles. The van der Waals surface area contributed by atoms with Gasteiger partial charge in [-0.2, -0.15) is 0 Å². The lowest BCUT2D eigenvalue weighted by molar-refractivity contribution is -0.139. The van der Waals surface area contributed by atoms with E-state index in [0.717, 1.165) is 0 Å². The minimum absolute atomic E-state index is 0.170. The molecule has 10 heteroatoms. The number of rotatable bonds is 7. The molecule has 37 heavy (non-hydrogen) atoms. The van der Waals surface area contributed by atoms with Crippen LogP contribution in [0, 0.1) is 0 Å². The number of fused-ring (bicyclic) bond motifs is 1. The molecule has 0 fully saturated rings. The summed E-state index contributed by atoms with van der Waals surface area (Å²) in [6.07, 6.45) is 1.71. The molecule has 1 atom stereocenters. The van der Waals surface area contributed by atoms with Gasteiger partial charge in [0.2, 0.25) is 0 Å². The number of carbonyl (C=O) groups is 2. The van der Waals surface area contributed by atoms with Gasteiger partial charge in [-0.3, -0.25) is 9.36 Å². The minimum atomic E-state index is -0.795. The summed E-state index contributed by atoms with van der Waals surface area (Å²) in [4.78, 5) is 43.7. The fraction of sp³-hybridized carbons (Fsp3) is 0.259. The van der Waals surface area contributed by atoms with E-state index in [-0.39, 0.29) is 17.7 Å². The van der Waals surface area contributed by atoms with E-state index < -0.39 is 18.0 Å². The van der Waals surface area contributed by atoms with Crippen molar-refractivity contribution in [1.82, 2.24) is 4.57 Å². The van der Waals surface area contributed by atoms with Crippen molar-refractivity contribution in [1.29, 1.82) is 0 Å². The predicted octanol–water partition coefficient (Wildman–Crippen LogP) is 2.60. The third-order valence-corrected chi connectivity index (χ3v) is 6.87. The Morgan fingerprint density at radius 2 is 1.78 bits per heavy atom. The van der Waals surface area contributed by atoms with Crippen LogP contribution < -0.4 is 24.4 Å². The quantitative estimate of drug-likeness (QED) is 0.439. The van der Waals surface area contributed by atoms with Crippen LogP contribution >= 0.6 is 11.3 Å². The molecular weight excluding hydrogens is 496 g/mol. The maximum atomic E-state index is 13.8. The molecule has 1 aromatic heterocycles. The summed E-state index contributed by atoms with van der Waals surface area (Å²) in [5, 5.41) is 0. The molecule has 0 spiro atoms. The monoisotopic (exact) mass is 522 g/mol. The number of aromatic nitrogens is 1. The standard InChI is InChI=1S/C27H26N2O7S/c1-6-36-26(32)21-15(2)28-27-29(22(21)16-10-12-17(13-11-16)25(31)35-5)24(30)20(37-27)14-18-8-7-9-19(33-3)23(18)34-4/h7-14,22H,6H2,1-5H3. The number of para-hydroxylation sites is 1. The van der Waals surface area contributed by atoms with E-state index in [1.807, 2.05) is 6.07 Å². The second-order valence-corrected chi connectivity index (χ2v) is 9.01. The third kappa shape index (κ3) is 4.79. The average Bonchev–Trinajstić information content (AvgIpc) is 3.21. The molecule has 0 bridgehead atoms. The van der Waals surface area contributed by atoms with Crippen molar-refractivity contribution in [2.24, 2.45) is 4.99 Å². The Labute approximate surface area is 216 Å². The molecule has 0 radical (unpaired) electrons. The van der Waals surface area contributed by atoms with Crippen LogP contribution in [-0.2, 0) is 14.3 Å². The van der Waals surface area contributed by atoms with Gasteiger partial charge in [0.25, 0.3) is 5.56 Å². The first-order valence-corrected chi connectivity index (χ1v) is 12.2. The number of thiazole rings is 1. The van der Waals surface area contributed by atoms with Crippen LogP contribution in [0.25, 0.3) is 6.08 Å². The van der Waals surface area contributed by atoms with Crippen molar-refractivity contribution < 1.29 is 28.5 Å². The number of benzene rings is 2. The van der Waals surface area contributed by atoms with Gasteiger partial charge in [0, 0.05) is 5.56 Å². The highest BCUT2D eigenvalue weighted by Crippen LogP contribution is 2.32. The largest absolute Gasteiger partial charge is 0.493 e. The molecule has 1 aliphatic heterocycles. The first kappa shape index (κ1) is 25.9. The average molecular weight is 523 g/mol. The highest BCUT2D eigenvalue weighted by atomic mass is 32.1. The van der Waals surface area contributed by atoms with Crippen molar-refractivity contribution in [2.75, 3.05) is 27.9 Å². The van der Waals surface area contributed by atoms with Crippen LogP contribution in [0.5, 0.6) is 11.5 Å². The molecule has 1 aliphatic rings. The van der Waals surface area contributed by atoms with E-state index in [9.17, 15) is 14.4 Å². The number of nitrogens with zero attached hydrogens (tertiary/aromatic N) is 2. The number of hydrogen-bond acceptors (Lipinski definition) is 9. The molecule has 2 aromatic carbocycles. The van der Waals surface area contributed by atoms with Crippen LogP contribution in [0.2, 0.25) is 0 Å². The van der Waals surface area contributed by atoms with Gasteiger partial charge in [0.15, 0.2) is 16.3 Å². The number of carbonyl (C=O) groups excluding carboxylic acids is 2. The molecule has 0 aliphatic carbocycles. The van der Waals surface area contributed by atoms with Crippen molar-refractivity contribution >= 4 is 29.4 Å². The lowest BCUT2D eigenvalue weighted by atomic mass is 9.95. The lowest BCUT2D eigenvalue weighted by Gasteiger charge is -2.24. The molecule has 0 amide bonds. The Hall–Kier alpha value is -4.18. The minimum Gasteiger partial charge on any atom is -0.493 e. The van der Waals surface area contributed by atoms with Crippen LogP contribution in [-0.4, -0.2) is 44.4 Å². The SMILES string of the molecule is CCOC(=O)C1=C(C)N=c2sc(=Cc3cccc(OC)c3OC)c(=O)n2C1c1ccc(C(=O)OC)cc1. The van der Waals surface area contributed by atoms with Gasteiger partial charge in [-0.25, -0.2) is 14.6 Å². The van der Waals surface area contributed by atoms with Gasteiger partial charge in [-0.15, -0.1) is 0 Å². The van der Waals surface area contributed by atoms with E-state index in [1.165, 1.54) is 30.1 Å². The Morgan fingerprint density at radius 3 is 2.41 bits per heavy atom. The summed E-state index contributed by atoms with van der Waals surface area (Å²) in [6.45, 7) is 3.60. The highest BCUT2D eigenvalue weighted by molar-refractivity contribution is 7.07. The number of allylic oxidation sites excluding steroid dienone is 1. The van der Waals surface area contributed by atoms with E-state index >= 15 is 0 Å². The molecule has 3 aromatic rings. The van der Waals surface area contributed by atoms with Crippen molar-refractivity contribution in [2.45, 2.75) is 19.9 Å². The topological polar surface area (TPSA) is 105 Å². The fourth-order valence-corrected chi connectivity index (χ4v) is 5.23. The second-order valence-electron chi connectivity index (χ2n) is 8.00. The predicted molar refractivity (Wildman–Crippen MR) is 138 cm³/mol. The summed E-state index contributed by atoms with van der Waals surface area (Å²) in [5.74, 6) is -0.0169. The Balaban J connectivity index is 1.94. The van der Waals surface area contributed by atoms with Crippen molar-refractivity contribution in [3.63, 3.8) is 0 Å². The fourth-order valence-electron chi connectivity index (χ4n) is 4.19. The maximum absolute atomic E-state index is 13.8. The maximum Gasteiger partial charge on any atom is 0.338 e. The second kappa shape index (κ2) is 10.8. The van der Waals surface area contributed by atoms with Crippen LogP contribution in [0.1, 0.15) is 41.4 Å². The van der Waals surface area contributed by atoms with Crippen molar-refractivity contribution in [3.8, 4) is 11.5 Å². The van der Waals surface area contributed by atoms with E-state index in [4.69, 9.17) is 18.9 Å². The molecule has 9 nitrogen and oxygen atoms in total. The zero-order valence-corrected chi connectivity index (χ0v) is 21.9. The van der Waals surface area contributed by atoms with E-state index in [1.54, 1.807) is 63.4 Å². The smallest absolute Gasteiger partial charge is 0.338 e. The third-order valence-electron chi connectivity index (χ3n) is 5.88. The number of esters is 2. The Bertz CT molecular complexity index is 1570. The normalized spacial score (nSPS) is 15.1. The molecule has 192 valence electrons. The summed E-state index contributed by atoms with van der Waals surface area (Å²) in [6, 6.07) is 11.2. The number of methoxy groups -OCH3 is 3. The van der Waals surface area contributed by atoms with E-state index in [0.29, 0.717) is 43.2 Å². The van der Waals surface area contributed by atoms with Crippen LogP contribution in [0.3, 0.4) is 0 Å². The van der Waals surface area contributed by atoms with Gasteiger partial charge in [-0.1, -0.05) is 35.6 Å². The molecule has 0 saturated carbocycles. The molecule has 4 rings (SSSR count). The Kier molecular flexibility index (Phi) is 7.58. The van der Waals surface area contributed by atoms with E-state index in [2.05, 4.69) is 4.99 Å². The summed E-state index contributed by atoms with van der Waals surface area (Å²) >= 11 is 1.20. The van der Waals surface area contributed by atoms with Gasteiger partial charge in [0.05, 0.1) is 55.3 Å². The van der Waals surface area contributed by atoms with Gasteiger partial charge in [-0.05, 0) is 43.7 Å². The molecule has 0 N–H and O–H groups in total. The molecule has 1 unspecified atom stereocenters. The van der Waals surface area contributed by atoms with Crippen molar-refractivity contribution in [3.05, 3.63) is 90.1 Å². The summed E-state index contributed by atoms with van der Waals surface area (Å²) in [5.41, 5.74) is 2.01. The van der Waals surface area contributed by atoms with Gasteiger partial charge >= 0.3 is 11.9 Å². The molecular formula is C27H26N2O7S. The summed E-state index contributed by atoms with van der Waals surface area (Å²) < 4.78 is 22.9. The molecule has 0 saturated heterocycles. The highest BCUT2D eigenvalue weighted by Gasteiger charge is 2.33. The zero-order chi connectivity index (χ0) is 26.7. The Morgan fingerprint density at radius 1 is 1.05 bits per heavy atom. The lowest BCUT2D eigenvalue weighted by Crippen LogP contribution is -2.40. The van der Waals surface area contributed by atoms with Crippen LogP contribution in [0.15, 0.2) is 63.5 Å². The number of ether oxygens (including phenoxy) is 4. The first-order valence-electron chi connectivity index (χ1n) is 11.4. The first-order chi connectivity index (χ1) is 17.8. The van der Waals surface area contributed by atoms with Gasteiger partial charge in [0.1, 0.15) is 0 Å². The zero-order valence-electron chi connectivity index (χ0n) is 21.1.